The fourth-order valence-corrected chi connectivity index (χ4v) is 1.94. The third-order valence-corrected chi connectivity index (χ3v) is 2.85. The van der Waals surface area contributed by atoms with E-state index in [0.29, 0.717) is 6.54 Å². The summed E-state index contributed by atoms with van der Waals surface area (Å²) in [6.07, 6.45) is 1.66. The first-order valence-corrected chi connectivity index (χ1v) is 6.27. The number of carbonyl (C=O) groups is 2. The van der Waals surface area contributed by atoms with Crippen molar-refractivity contribution in [3.05, 3.63) is 53.9 Å². The van der Waals surface area contributed by atoms with E-state index in [-0.39, 0.29) is 11.4 Å². The number of hydrogen-bond acceptors (Lipinski definition) is 4. The third kappa shape index (κ3) is 3.62. The van der Waals surface area contributed by atoms with Gasteiger partial charge in [0.15, 0.2) is 18.1 Å². The molecule has 0 saturated carbocycles. The number of aromatic nitrogens is 1. The largest absolute Gasteiger partial charge is 0.479 e. The zero-order valence-electron chi connectivity index (χ0n) is 11.5. The Morgan fingerprint density at radius 3 is 2.52 bits per heavy atom. The molecule has 0 aliphatic carbocycles. The van der Waals surface area contributed by atoms with Crippen molar-refractivity contribution in [3.63, 3.8) is 0 Å². The Morgan fingerprint density at radius 1 is 1.19 bits per heavy atom. The van der Waals surface area contributed by atoms with E-state index in [2.05, 4.69) is 0 Å². The maximum absolute atomic E-state index is 11.9. The Bertz CT molecular complexity index is 633. The zero-order chi connectivity index (χ0) is 15.2. The predicted octanol–water partition coefficient (Wildman–Crippen LogP) is 1.79. The van der Waals surface area contributed by atoms with Gasteiger partial charge in [0.05, 0.1) is 7.11 Å². The second-order valence-electron chi connectivity index (χ2n) is 4.32. The lowest BCUT2D eigenvalue weighted by Crippen LogP contribution is -2.15. The van der Waals surface area contributed by atoms with Crippen molar-refractivity contribution >= 4 is 11.9 Å². The van der Waals surface area contributed by atoms with Gasteiger partial charge in [-0.05, 0) is 11.6 Å². The van der Waals surface area contributed by atoms with Crippen LogP contribution < -0.4 is 4.74 Å². The SMILES string of the molecule is COC(=O)c1c(OCC(=O)O)ccn1Cc1ccccc1. The number of carboxylic acids is 1. The molecule has 0 fully saturated rings. The molecule has 1 N–H and O–H groups in total. The van der Waals surface area contributed by atoms with Crippen LogP contribution in [0.1, 0.15) is 16.1 Å². The van der Waals surface area contributed by atoms with Crippen LogP contribution in [0.4, 0.5) is 0 Å². The van der Waals surface area contributed by atoms with Gasteiger partial charge in [0.25, 0.3) is 0 Å². The Balaban J connectivity index is 2.28. The van der Waals surface area contributed by atoms with Crippen LogP contribution >= 0.6 is 0 Å². The van der Waals surface area contributed by atoms with Gasteiger partial charge in [0.1, 0.15) is 0 Å². The van der Waals surface area contributed by atoms with Crippen molar-refractivity contribution in [2.75, 3.05) is 13.7 Å². The van der Waals surface area contributed by atoms with E-state index in [1.165, 1.54) is 7.11 Å². The molecule has 1 aromatic heterocycles. The first-order chi connectivity index (χ1) is 10.1. The highest BCUT2D eigenvalue weighted by molar-refractivity contribution is 5.91. The summed E-state index contributed by atoms with van der Waals surface area (Å²) in [5.41, 5.74) is 1.20. The number of nitrogens with zero attached hydrogens (tertiary/aromatic N) is 1. The highest BCUT2D eigenvalue weighted by atomic mass is 16.5. The quantitative estimate of drug-likeness (QED) is 0.820. The summed E-state index contributed by atoms with van der Waals surface area (Å²) in [5.74, 6) is -1.49. The van der Waals surface area contributed by atoms with E-state index < -0.39 is 18.5 Å². The summed E-state index contributed by atoms with van der Waals surface area (Å²) in [4.78, 5) is 22.5. The number of ether oxygens (including phenoxy) is 2. The maximum atomic E-state index is 11.9. The predicted molar refractivity (Wildman–Crippen MR) is 74.4 cm³/mol. The number of benzene rings is 1. The lowest BCUT2D eigenvalue weighted by molar-refractivity contribution is -0.139. The molecule has 0 unspecified atom stereocenters. The molecule has 0 aliphatic rings. The molecule has 6 heteroatoms. The van der Waals surface area contributed by atoms with Gasteiger partial charge in [-0.2, -0.15) is 0 Å². The van der Waals surface area contributed by atoms with Crippen molar-refractivity contribution in [2.45, 2.75) is 6.54 Å². The number of carboxylic acid groups (broad SMARTS) is 1. The fourth-order valence-electron chi connectivity index (χ4n) is 1.94. The van der Waals surface area contributed by atoms with Crippen LogP contribution in [0.25, 0.3) is 0 Å². The summed E-state index contributed by atoms with van der Waals surface area (Å²) in [6.45, 7) is -0.0545. The summed E-state index contributed by atoms with van der Waals surface area (Å²) in [5, 5.41) is 8.66. The van der Waals surface area contributed by atoms with E-state index in [0.717, 1.165) is 5.56 Å². The molecule has 0 atom stereocenters. The van der Waals surface area contributed by atoms with Crippen LogP contribution in [0, 0.1) is 0 Å². The molecule has 0 aliphatic heterocycles. The van der Waals surface area contributed by atoms with Crippen molar-refractivity contribution < 1.29 is 24.2 Å². The molecule has 0 radical (unpaired) electrons. The monoisotopic (exact) mass is 289 g/mol. The summed E-state index contributed by atoms with van der Waals surface area (Å²) < 4.78 is 11.5. The highest BCUT2D eigenvalue weighted by Gasteiger charge is 2.20. The highest BCUT2D eigenvalue weighted by Crippen LogP contribution is 2.22. The average molecular weight is 289 g/mol. The van der Waals surface area contributed by atoms with Gasteiger partial charge in [-0.25, -0.2) is 9.59 Å². The summed E-state index contributed by atoms with van der Waals surface area (Å²) >= 11 is 0. The second-order valence-corrected chi connectivity index (χ2v) is 4.32. The molecule has 0 amide bonds. The molecule has 1 heterocycles. The van der Waals surface area contributed by atoms with Gasteiger partial charge in [-0.1, -0.05) is 30.3 Å². The van der Waals surface area contributed by atoms with Gasteiger partial charge in [0, 0.05) is 12.7 Å². The molecular weight excluding hydrogens is 274 g/mol. The van der Waals surface area contributed by atoms with E-state index in [9.17, 15) is 9.59 Å². The molecule has 110 valence electrons. The minimum absolute atomic E-state index is 0.195. The lowest BCUT2D eigenvalue weighted by Gasteiger charge is -2.10. The van der Waals surface area contributed by atoms with Crippen LogP contribution in [-0.2, 0) is 16.1 Å². The third-order valence-electron chi connectivity index (χ3n) is 2.85. The van der Waals surface area contributed by atoms with Gasteiger partial charge in [-0.15, -0.1) is 0 Å². The normalized spacial score (nSPS) is 10.1. The summed E-state index contributed by atoms with van der Waals surface area (Å²) in [6, 6.07) is 11.1. The molecule has 0 saturated heterocycles. The van der Waals surface area contributed by atoms with Crippen LogP contribution in [0.2, 0.25) is 0 Å². The minimum Gasteiger partial charge on any atom is -0.479 e. The van der Waals surface area contributed by atoms with Crippen LogP contribution in [0.5, 0.6) is 5.75 Å². The zero-order valence-corrected chi connectivity index (χ0v) is 11.5. The number of methoxy groups -OCH3 is 1. The molecule has 2 aromatic rings. The molecule has 21 heavy (non-hydrogen) atoms. The van der Waals surface area contributed by atoms with Crippen molar-refractivity contribution in [1.29, 1.82) is 0 Å². The van der Waals surface area contributed by atoms with Gasteiger partial charge in [0.2, 0.25) is 0 Å². The smallest absolute Gasteiger partial charge is 0.358 e. The van der Waals surface area contributed by atoms with Gasteiger partial charge < -0.3 is 19.1 Å². The fraction of sp³-hybridized carbons (Fsp3) is 0.200. The Hall–Kier alpha value is -2.76. The standard InChI is InChI=1S/C15H15NO5/c1-20-15(19)14-12(21-10-13(17)18)7-8-16(14)9-11-5-3-2-4-6-11/h2-8H,9-10H2,1H3,(H,17,18). The molecule has 0 bridgehead atoms. The van der Waals surface area contributed by atoms with E-state index >= 15 is 0 Å². The molecular formula is C15H15NO5. The number of esters is 1. The molecule has 0 spiro atoms. The minimum atomic E-state index is -1.11. The van der Waals surface area contributed by atoms with E-state index in [4.69, 9.17) is 14.6 Å². The summed E-state index contributed by atoms with van der Waals surface area (Å²) in [7, 11) is 1.27. The first-order valence-electron chi connectivity index (χ1n) is 6.27. The van der Waals surface area contributed by atoms with Gasteiger partial charge in [-0.3, -0.25) is 0 Å². The number of carbonyl (C=O) groups excluding carboxylic acids is 1. The van der Waals surface area contributed by atoms with Crippen LogP contribution in [-0.4, -0.2) is 35.3 Å². The Labute approximate surface area is 121 Å². The van der Waals surface area contributed by atoms with E-state index in [1.807, 2.05) is 30.3 Å². The second kappa shape index (κ2) is 6.60. The number of aliphatic carboxylic acids is 1. The van der Waals surface area contributed by atoms with Crippen LogP contribution in [0.3, 0.4) is 0 Å². The first kappa shape index (κ1) is 14.6. The van der Waals surface area contributed by atoms with E-state index in [1.54, 1.807) is 16.8 Å². The topological polar surface area (TPSA) is 77.8 Å². The van der Waals surface area contributed by atoms with Crippen molar-refractivity contribution in [2.24, 2.45) is 0 Å². The van der Waals surface area contributed by atoms with Gasteiger partial charge >= 0.3 is 11.9 Å². The molecule has 1 aromatic carbocycles. The molecule has 6 nitrogen and oxygen atoms in total. The van der Waals surface area contributed by atoms with Crippen LogP contribution in [0.15, 0.2) is 42.6 Å². The number of hydrogen-bond donors (Lipinski definition) is 1. The lowest BCUT2D eigenvalue weighted by atomic mass is 10.2. The van der Waals surface area contributed by atoms with Crippen molar-refractivity contribution in [3.8, 4) is 5.75 Å². The molecule has 2 rings (SSSR count). The Morgan fingerprint density at radius 2 is 1.90 bits per heavy atom. The van der Waals surface area contributed by atoms with Crippen molar-refractivity contribution in [1.82, 2.24) is 4.57 Å². The number of rotatable bonds is 6. The maximum Gasteiger partial charge on any atom is 0.358 e. The average Bonchev–Trinajstić information content (AvgIpc) is 2.88. The Kier molecular flexibility index (Phi) is 4.61.